The molecule has 3 aliphatic carbocycles. The van der Waals surface area contributed by atoms with Crippen LogP contribution in [0.15, 0.2) is 261 Å². The molecular formula is C70H49N. The van der Waals surface area contributed by atoms with Gasteiger partial charge in [-0.2, -0.15) is 0 Å². The van der Waals surface area contributed by atoms with Crippen molar-refractivity contribution in [3.63, 3.8) is 0 Å². The second-order valence-corrected chi connectivity index (χ2v) is 20.0. The summed E-state index contributed by atoms with van der Waals surface area (Å²) in [6, 6.07) is 97.4. The Bertz CT molecular complexity index is 3840. The van der Waals surface area contributed by atoms with Crippen molar-refractivity contribution in [3.05, 3.63) is 294 Å². The van der Waals surface area contributed by atoms with Crippen LogP contribution < -0.4 is 4.90 Å². The number of para-hydroxylation sites is 1. The zero-order valence-corrected chi connectivity index (χ0v) is 39.8. The Morgan fingerprint density at radius 3 is 1.23 bits per heavy atom. The molecule has 14 rings (SSSR count). The van der Waals surface area contributed by atoms with E-state index >= 15 is 0 Å². The van der Waals surface area contributed by atoms with Gasteiger partial charge >= 0.3 is 0 Å². The fourth-order valence-electron chi connectivity index (χ4n) is 12.6. The molecule has 0 N–H and O–H groups in total. The van der Waals surface area contributed by atoms with Gasteiger partial charge in [0.2, 0.25) is 0 Å². The van der Waals surface area contributed by atoms with Gasteiger partial charge in [0.25, 0.3) is 0 Å². The second kappa shape index (κ2) is 15.9. The molecule has 334 valence electrons. The zero-order chi connectivity index (χ0) is 47.3. The first kappa shape index (κ1) is 41.2. The maximum Gasteiger partial charge on any atom is 0.0725 e. The molecule has 0 heterocycles. The average Bonchev–Trinajstić information content (AvgIpc) is 4.00. The fourth-order valence-corrected chi connectivity index (χ4v) is 12.6. The third-order valence-corrected chi connectivity index (χ3v) is 15.9. The van der Waals surface area contributed by atoms with Crippen LogP contribution in [-0.4, -0.2) is 0 Å². The summed E-state index contributed by atoms with van der Waals surface area (Å²) in [5, 5.41) is 0. The minimum absolute atomic E-state index is 0.0918. The number of benzene rings is 11. The lowest BCUT2D eigenvalue weighted by atomic mass is 9.70. The SMILES string of the molecule is CC1(C)c2ccccc2-c2cc(N(c3ccc4c(c3)-c3ccccc3C43c4ccccc4-c4ccc(-c5cc(-c6ccccc6)cc(-c6ccccc6)c5)cc43)c3ccccc3-c3ccccc3)ccc21. The number of hydrogen-bond donors (Lipinski definition) is 0. The van der Waals surface area contributed by atoms with Crippen LogP contribution >= 0.6 is 0 Å². The van der Waals surface area contributed by atoms with E-state index in [-0.39, 0.29) is 5.41 Å². The topological polar surface area (TPSA) is 3.24 Å². The first-order chi connectivity index (χ1) is 35.0. The van der Waals surface area contributed by atoms with Gasteiger partial charge in [-0.1, -0.05) is 220 Å². The number of rotatable bonds is 7. The summed E-state index contributed by atoms with van der Waals surface area (Å²) in [5.74, 6) is 0. The highest BCUT2D eigenvalue weighted by molar-refractivity contribution is 5.99. The quantitative estimate of drug-likeness (QED) is 0.154. The Balaban J connectivity index is 0.988. The molecule has 11 aromatic carbocycles. The van der Waals surface area contributed by atoms with E-state index in [9.17, 15) is 0 Å². The lowest BCUT2D eigenvalue weighted by molar-refractivity contribution is 0.660. The Morgan fingerprint density at radius 1 is 0.239 bits per heavy atom. The zero-order valence-electron chi connectivity index (χ0n) is 39.8. The van der Waals surface area contributed by atoms with E-state index in [1.54, 1.807) is 0 Å². The van der Waals surface area contributed by atoms with E-state index in [2.05, 4.69) is 280 Å². The standard InChI is InChI=1S/C70H49N/c1-69(2)62-30-16-12-28-57(62)60-44-53(35-38-63(60)69)71(68-33-19-15-26-55(68)48-24-10-5-11-25-48)54-36-39-66-61(45-54)58-29-14-18-32-65(58)70(66)64-31-17-13-27-56(64)59-37-34-49(43-67(59)70)52-41-50(46-20-6-3-7-21-46)40-51(42-52)47-22-8-4-9-23-47/h3-45H,1-2H3. The number of fused-ring (bicyclic) bond motifs is 13. The van der Waals surface area contributed by atoms with Gasteiger partial charge in [-0.3, -0.25) is 0 Å². The fraction of sp³-hybridized carbons (Fsp3) is 0.0571. The predicted octanol–water partition coefficient (Wildman–Crippen LogP) is 18.5. The maximum absolute atomic E-state index is 2.51. The lowest BCUT2D eigenvalue weighted by Crippen LogP contribution is -2.26. The van der Waals surface area contributed by atoms with Crippen LogP contribution in [0.4, 0.5) is 17.1 Å². The summed E-state index contributed by atoms with van der Waals surface area (Å²) in [7, 11) is 0. The molecule has 1 unspecified atom stereocenters. The minimum Gasteiger partial charge on any atom is -0.310 e. The van der Waals surface area contributed by atoms with Gasteiger partial charge in [-0.25, -0.2) is 0 Å². The van der Waals surface area contributed by atoms with E-state index < -0.39 is 5.41 Å². The molecule has 1 heteroatoms. The van der Waals surface area contributed by atoms with Crippen LogP contribution in [0.2, 0.25) is 0 Å². The minimum atomic E-state index is -0.526. The summed E-state index contributed by atoms with van der Waals surface area (Å²) in [5.41, 5.74) is 28.2. The molecular weight excluding hydrogens is 855 g/mol. The highest BCUT2D eigenvalue weighted by Gasteiger charge is 2.52. The Labute approximate surface area is 416 Å². The number of hydrogen-bond acceptors (Lipinski definition) is 1. The molecule has 1 atom stereocenters. The number of anilines is 3. The van der Waals surface area contributed by atoms with Gasteiger partial charge in [0.15, 0.2) is 0 Å². The molecule has 71 heavy (non-hydrogen) atoms. The lowest BCUT2D eigenvalue weighted by Gasteiger charge is -2.32. The summed E-state index contributed by atoms with van der Waals surface area (Å²) in [4.78, 5) is 2.50. The van der Waals surface area contributed by atoms with Crippen LogP contribution in [0.1, 0.15) is 47.2 Å². The summed E-state index contributed by atoms with van der Waals surface area (Å²) in [6.07, 6.45) is 0. The van der Waals surface area contributed by atoms with E-state index in [0.29, 0.717) is 0 Å². The van der Waals surface area contributed by atoms with Crippen LogP contribution in [0.5, 0.6) is 0 Å². The molecule has 11 aromatic rings. The molecule has 0 fully saturated rings. The molecule has 0 radical (unpaired) electrons. The highest BCUT2D eigenvalue weighted by Crippen LogP contribution is 2.64. The predicted molar refractivity (Wildman–Crippen MR) is 297 cm³/mol. The Kier molecular flexibility index (Phi) is 9.22. The van der Waals surface area contributed by atoms with Crippen molar-refractivity contribution in [1.82, 2.24) is 0 Å². The first-order valence-corrected chi connectivity index (χ1v) is 24.9. The van der Waals surface area contributed by atoms with Gasteiger partial charge in [0, 0.05) is 22.4 Å². The van der Waals surface area contributed by atoms with Crippen molar-refractivity contribution in [2.75, 3.05) is 4.90 Å². The van der Waals surface area contributed by atoms with Gasteiger partial charge in [0.05, 0.1) is 11.1 Å². The molecule has 0 saturated heterocycles. The monoisotopic (exact) mass is 903 g/mol. The Morgan fingerprint density at radius 2 is 0.634 bits per heavy atom. The van der Waals surface area contributed by atoms with Crippen molar-refractivity contribution in [1.29, 1.82) is 0 Å². The van der Waals surface area contributed by atoms with E-state index in [1.165, 1.54) is 111 Å². The highest BCUT2D eigenvalue weighted by atomic mass is 15.1. The summed E-state index contributed by atoms with van der Waals surface area (Å²) in [6.45, 7) is 4.72. The molecule has 3 aliphatic rings. The van der Waals surface area contributed by atoms with E-state index in [0.717, 1.165) is 17.1 Å². The average molecular weight is 904 g/mol. The van der Waals surface area contributed by atoms with Gasteiger partial charge < -0.3 is 4.90 Å². The van der Waals surface area contributed by atoms with E-state index in [4.69, 9.17) is 0 Å². The van der Waals surface area contributed by atoms with Crippen molar-refractivity contribution >= 4 is 17.1 Å². The molecule has 1 spiro atoms. The van der Waals surface area contributed by atoms with Crippen LogP contribution in [0, 0.1) is 0 Å². The van der Waals surface area contributed by atoms with Crippen molar-refractivity contribution in [2.45, 2.75) is 24.7 Å². The van der Waals surface area contributed by atoms with Crippen LogP contribution in [-0.2, 0) is 10.8 Å². The maximum atomic E-state index is 2.51. The Hall–Kier alpha value is -8.78. The van der Waals surface area contributed by atoms with Gasteiger partial charge in [-0.05, 0) is 160 Å². The van der Waals surface area contributed by atoms with Crippen molar-refractivity contribution < 1.29 is 0 Å². The molecule has 0 amide bonds. The van der Waals surface area contributed by atoms with Crippen LogP contribution in [0.3, 0.4) is 0 Å². The molecule has 0 bridgehead atoms. The summed E-state index contributed by atoms with van der Waals surface area (Å²) >= 11 is 0. The number of nitrogens with zero attached hydrogens (tertiary/aromatic N) is 1. The smallest absolute Gasteiger partial charge is 0.0725 e. The third kappa shape index (κ3) is 6.19. The van der Waals surface area contributed by atoms with E-state index in [1.807, 2.05) is 0 Å². The van der Waals surface area contributed by atoms with Gasteiger partial charge in [-0.15, -0.1) is 0 Å². The summed E-state index contributed by atoms with van der Waals surface area (Å²) < 4.78 is 0. The largest absolute Gasteiger partial charge is 0.310 e. The molecule has 0 aliphatic heterocycles. The van der Waals surface area contributed by atoms with Crippen LogP contribution in [0.25, 0.3) is 77.9 Å². The third-order valence-electron chi connectivity index (χ3n) is 15.9. The van der Waals surface area contributed by atoms with Crippen molar-refractivity contribution in [2.24, 2.45) is 0 Å². The van der Waals surface area contributed by atoms with Gasteiger partial charge in [0.1, 0.15) is 0 Å². The second-order valence-electron chi connectivity index (χ2n) is 20.0. The first-order valence-electron chi connectivity index (χ1n) is 24.9. The van der Waals surface area contributed by atoms with Crippen molar-refractivity contribution in [3.8, 4) is 77.9 Å². The molecule has 1 nitrogen and oxygen atoms in total. The normalized spacial score (nSPS) is 15.1. The molecule has 0 aromatic heterocycles. The molecule has 0 saturated carbocycles.